The Hall–Kier alpha value is -6.77. The summed E-state index contributed by atoms with van der Waals surface area (Å²) in [5.41, 5.74) is 15.8. The van der Waals surface area contributed by atoms with Crippen molar-refractivity contribution in [2.75, 3.05) is 0 Å². The molecule has 0 amide bonds. The molecule has 0 saturated carbocycles. The van der Waals surface area contributed by atoms with E-state index in [9.17, 15) is 0 Å². The van der Waals surface area contributed by atoms with Gasteiger partial charge in [-0.1, -0.05) is 127 Å². The van der Waals surface area contributed by atoms with Crippen LogP contribution in [0, 0.1) is 13.8 Å². The van der Waals surface area contributed by atoms with Crippen molar-refractivity contribution in [3.8, 4) is 61.3 Å². The van der Waals surface area contributed by atoms with Gasteiger partial charge < -0.3 is 4.57 Å². The third-order valence-corrected chi connectivity index (χ3v) is 11.1. The highest BCUT2D eigenvalue weighted by Crippen LogP contribution is 2.59. The predicted molar refractivity (Wildman–Crippen MR) is 224 cm³/mol. The van der Waals surface area contributed by atoms with E-state index in [1.54, 1.807) is 6.07 Å². The molecule has 0 radical (unpaired) electrons. The Labute approximate surface area is 312 Å². The molecule has 10 aromatic rings. The van der Waals surface area contributed by atoms with E-state index in [-0.39, 0.29) is 5.69 Å². The van der Waals surface area contributed by atoms with E-state index in [0.29, 0.717) is 5.69 Å². The van der Waals surface area contributed by atoms with E-state index in [4.69, 9.17) is 4.11 Å². The van der Waals surface area contributed by atoms with Gasteiger partial charge in [0.05, 0.1) is 11.0 Å². The molecule has 2 heteroatoms. The number of nitrogens with zero attached hydrogens (tertiary/aromatic N) is 2. The maximum Gasteiger partial charge on any atom is 0.0553 e. The quantitative estimate of drug-likeness (QED) is 0.181. The van der Waals surface area contributed by atoms with Gasteiger partial charge in [-0.25, -0.2) is 0 Å². The Kier molecular flexibility index (Phi) is 5.78. The van der Waals surface area contributed by atoms with Crippen molar-refractivity contribution < 1.29 is 4.11 Å². The summed E-state index contributed by atoms with van der Waals surface area (Å²) < 4.78 is 26.7. The molecular formula is C51H34N2. The van der Waals surface area contributed by atoms with Gasteiger partial charge in [-0.05, 0) is 133 Å². The van der Waals surface area contributed by atoms with Gasteiger partial charge in [0.25, 0.3) is 0 Å². The molecule has 248 valence electrons. The minimum Gasteiger partial charge on any atom is -0.309 e. The van der Waals surface area contributed by atoms with Crippen LogP contribution < -0.4 is 0 Å². The Morgan fingerprint density at radius 3 is 1.70 bits per heavy atom. The zero-order valence-corrected chi connectivity index (χ0v) is 29.1. The van der Waals surface area contributed by atoms with Gasteiger partial charge in [-0.2, -0.15) is 0 Å². The normalized spacial score (nSPS) is 13.0. The fraction of sp³-hybridized carbons (Fsp3) is 0.0392. The highest BCUT2D eigenvalue weighted by atomic mass is 15.0. The van der Waals surface area contributed by atoms with Gasteiger partial charge >= 0.3 is 0 Å². The predicted octanol–water partition coefficient (Wildman–Crippen LogP) is 13.8. The van der Waals surface area contributed by atoms with Gasteiger partial charge in [-0.3, -0.25) is 4.98 Å². The summed E-state index contributed by atoms with van der Waals surface area (Å²) in [4.78, 5) is 4.39. The second-order valence-corrected chi connectivity index (χ2v) is 14.1. The number of fused-ring (bicyclic) bond motifs is 8. The fourth-order valence-electron chi connectivity index (χ4n) is 9.05. The molecule has 2 aromatic heterocycles. The number of aromatic nitrogens is 2. The van der Waals surface area contributed by atoms with Gasteiger partial charge in [-0.15, -0.1) is 0 Å². The van der Waals surface area contributed by atoms with Crippen molar-refractivity contribution in [1.29, 1.82) is 0 Å². The van der Waals surface area contributed by atoms with Crippen LogP contribution in [-0.4, -0.2) is 9.55 Å². The summed E-state index contributed by atoms with van der Waals surface area (Å²) in [5.74, 6) is 0. The summed E-state index contributed by atoms with van der Waals surface area (Å²) >= 11 is 0. The minimum absolute atomic E-state index is 0.110. The summed E-state index contributed by atoms with van der Waals surface area (Å²) in [5, 5.41) is 7.20. The standard InChI is InChI=1S/C51H34N2/c1-31-27-36(28-32(2)52-31)35-25-26-44-42(29-35)49-40-23-14-24-41-48(40)43(30-45(49)53(44)37-19-10-5-11-20-37)51-47(34-17-8-4-9-18-34)39-22-13-12-21-38(39)46(50(41)51)33-15-6-3-7-16-33/h3-30H,1-2H3/i1D3. The maximum absolute atomic E-state index is 8.11. The number of rotatable bonds is 4. The Bertz CT molecular complexity index is 3220. The number of benzene rings is 8. The highest BCUT2D eigenvalue weighted by Gasteiger charge is 2.32. The molecule has 2 heterocycles. The molecule has 8 aromatic carbocycles. The summed E-state index contributed by atoms with van der Waals surface area (Å²) in [6, 6.07) is 60.6. The monoisotopic (exact) mass is 677 g/mol. The largest absolute Gasteiger partial charge is 0.309 e. The molecule has 0 N–H and O–H groups in total. The lowest BCUT2D eigenvalue weighted by molar-refractivity contribution is 1.12. The summed E-state index contributed by atoms with van der Waals surface area (Å²) in [6.07, 6.45) is 0. The van der Waals surface area contributed by atoms with Gasteiger partial charge in [0.1, 0.15) is 0 Å². The first kappa shape index (κ1) is 27.0. The Balaban J connectivity index is 1.31. The first-order chi connectivity index (χ1) is 27.3. The Morgan fingerprint density at radius 2 is 1.02 bits per heavy atom. The van der Waals surface area contributed by atoms with Crippen LogP contribution in [0.3, 0.4) is 0 Å². The zero-order chi connectivity index (χ0) is 37.7. The van der Waals surface area contributed by atoms with Gasteiger partial charge in [0.15, 0.2) is 0 Å². The van der Waals surface area contributed by atoms with Crippen molar-refractivity contribution >= 4 is 43.4 Å². The van der Waals surface area contributed by atoms with E-state index in [1.165, 1.54) is 71.4 Å². The average molecular weight is 678 g/mol. The molecule has 0 spiro atoms. The number of aryl methyl sites for hydroxylation is 2. The molecule has 1 aliphatic rings. The molecule has 0 bridgehead atoms. The summed E-state index contributed by atoms with van der Waals surface area (Å²) in [6.45, 7) is -0.442. The van der Waals surface area contributed by atoms with Crippen LogP contribution in [0.5, 0.6) is 0 Å². The molecule has 1 aliphatic carbocycles. The lowest BCUT2D eigenvalue weighted by Gasteiger charge is -2.20. The van der Waals surface area contributed by atoms with E-state index in [1.807, 2.05) is 13.0 Å². The van der Waals surface area contributed by atoms with Crippen LogP contribution in [0.2, 0.25) is 0 Å². The maximum atomic E-state index is 8.11. The van der Waals surface area contributed by atoms with Crippen LogP contribution in [0.4, 0.5) is 0 Å². The van der Waals surface area contributed by atoms with E-state index >= 15 is 0 Å². The summed E-state index contributed by atoms with van der Waals surface area (Å²) in [7, 11) is 0. The lowest BCUT2D eigenvalue weighted by atomic mass is 9.82. The van der Waals surface area contributed by atoms with Crippen molar-refractivity contribution in [3.05, 3.63) is 181 Å². The lowest BCUT2D eigenvalue weighted by Crippen LogP contribution is -1.95. The van der Waals surface area contributed by atoms with E-state index in [0.717, 1.165) is 33.2 Å². The number of pyridine rings is 1. The molecule has 11 rings (SSSR count). The first-order valence-electron chi connectivity index (χ1n) is 19.6. The highest BCUT2D eigenvalue weighted by molar-refractivity contribution is 6.34. The van der Waals surface area contributed by atoms with E-state index < -0.39 is 6.85 Å². The van der Waals surface area contributed by atoms with Gasteiger partial charge in [0.2, 0.25) is 0 Å². The van der Waals surface area contributed by atoms with Crippen molar-refractivity contribution in [3.63, 3.8) is 0 Å². The van der Waals surface area contributed by atoms with E-state index in [2.05, 4.69) is 167 Å². The molecule has 0 fully saturated rings. The fourth-order valence-corrected chi connectivity index (χ4v) is 9.05. The van der Waals surface area contributed by atoms with Crippen LogP contribution in [0.1, 0.15) is 15.5 Å². The molecule has 53 heavy (non-hydrogen) atoms. The third-order valence-electron chi connectivity index (χ3n) is 11.1. The molecule has 2 nitrogen and oxygen atoms in total. The molecule has 0 aliphatic heterocycles. The third kappa shape index (κ3) is 4.36. The SMILES string of the molecule is [2H]C([2H])([2H])c1cc(-c2ccc3c(c2)c2c4cccc5c4c(cc2n3-c2ccccc2)-c2c-5c(-c3ccccc3)c3ccccc3c2-c2ccccc2)cc(C)n1. The van der Waals surface area contributed by atoms with Crippen LogP contribution in [0.15, 0.2) is 170 Å². The average Bonchev–Trinajstić information content (AvgIpc) is 3.73. The van der Waals surface area contributed by atoms with Crippen LogP contribution >= 0.6 is 0 Å². The number of hydrogen-bond acceptors (Lipinski definition) is 1. The number of para-hydroxylation sites is 1. The smallest absolute Gasteiger partial charge is 0.0553 e. The molecule has 0 unspecified atom stereocenters. The Morgan fingerprint density at radius 1 is 0.415 bits per heavy atom. The van der Waals surface area contributed by atoms with Crippen molar-refractivity contribution in [2.24, 2.45) is 0 Å². The second kappa shape index (κ2) is 11.4. The van der Waals surface area contributed by atoms with Crippen LogP contribution in [0.25, 0.3) is 105 Å². The minimum atomic E-state index is -2.30. The van der Waals surface area contributed by atoms with Crippen LogP contribution in [-0.2, 0) is 0 Å². The zero-order valence-electron chi connectivity index (χ0n) is 32.1. The molecule has 0 saturated heterocycles. The van der Waals surface area contributed by atoms with Crippen molar-refractivity contribution in [2.45, 2.75) is 13.8 Å². The van der Waals surface area contributed by atoms with Crippen molar-refractivity contribution in [1.82, 2.24) is 9.55 Å². The molecule has 0 atom stereocenters. The first-order valence-corrected chi connectivity index (χ1v) is 18.1. The number of hydrogen-bond donors (Lipinski definition) is 0. The topological polar surface area (TPSA) is 17.8 Å². The molecular weight excluding hydrogens is 641 g/mol. The van der Waals surface area contributed by atoms with Gasteiger partial charge in [0, 0.05) is 32.0 Å². The second-order valence-electron chi connectivity index (χ2n) is 14.1.